The van der Waals surface area contributed by atoms with Crippen molar-refractivity contribution in [3.05, 3.63) is 0 Å². The number of piperidine rings is 1. The topological polar surface area (TPSA) is 49.3 Å². The van der Waals surface area contributed by atoms with Crippen LogP contribution in [0.2, 0.25) is 0 Å². The van der Waals surface area contributed by atoms with Crippen LogP contribution in [0.1, 0.15) is 38.5 Å². The van der Waals surface area contributed by atoms with Crippen molar-refractivity contribution in [1.82, 2.24) is 15.1 Å². The zero-order valence-electron chi connectivity index (χ0n) is 17.1. The summed E-state index contributed by atoms with van der Waals surface area (Å²) in [5.74, 6) is 0.785. The summed E-state index contributed by atoms with van der Waals surface area (Å²) >= 11 is 0. The number of likely N-dealkylation sites (tertiary alicyclic amines) is 2. The number of alkyl halides is 3. The van der Waals surface area contributed by atoms with E-state index in [1.807, 2.05) is 0 Å². The van der Waals surface area contributed by atoms with Crippen LogP contribution in [0.25, 0.3) is 0 Å². The second-order valence-electron chi connectivity index (χ2n) is 8.04. The number of nitrogens with zero attached hydrogens (tertiary/aromatic N) is 3. The Labute approximate surface area is 188 Å². The molecule has 0 saturated carbocycles. The van der Waals surface area contributed by atoms with Crippen LogP contribution in [0, 0.1) is 0 Å². The van der Waals surface area contributed by atoms with Crippen molar-refractivity contribution in [2.24, 2.45) is 4.99 Å². The third-order valence-electron chi connectivity index (χ3n) is 5.75. The summed E-state index contributed by atoms with van der Waals surface area (Å²) in [6, 6.07) is 0.0125. The number of hydrogen-bond donors (Lipinski definition) is 1. The van der Waals surface area contributed by atoms with Crippen molar-refractivity contribution in [2.45, 2.75) is 63.0 Å². The maximum absolute atomic E-state index is 12.6. The largest absolute Gasteiger partial charge is 0.401 e. The maximum atomic E-state index is 12.6. The van der Waals surface area contributed by atoms with Gasteiger partial charge >= 0.3 is 6.18 Å². The highest BCUT2D eigenvalue weighted by atomic mass is 127. The second kappa shape index (κ2) is 11.9. The molecule has 0 aromatic heterocycles. The first-order chi connectivity index (χ1) is 13.4. The molecular formula is C19H34F3IN4O2. The summed E-state index contributed by atoms with van der Waals surface area (Å²) in [5.41, 5.74) is 0. The molecule has 3 heterocycles. The highest BCUT2D eigenvalue weighted by Gasteiger charge is 2.35. The van der Waals surface area contributed by atoms with Crippen LogP contribution < -0.4 is 5.32 Å². The number of aliphatic imine (C=N–C) groups is 1. The van der Waals surface area contributed by atoms with E-state index in [2.05, 4.69) is 15.2 Å². The van der Waals surface area contributed by atoms with Gasteiger partial charge in [0.2, 0.25) is 0 Å². The van der Waals surface area contributed by atoms with E-state index in [9.17, 15) is 13.2 Å². The summed E-state index contributed by atoms with van der Waals surface area (Å²) in [5, 5.41) is 3.36. The summed E-state index contributed by atoms with van der Waals surface area (Å²) in [7, 11) is 1.73. The molecule has 2 unspecified atom stereocenters. The van der Waals surface area contributed by atoms with Crippen LogP contribution in [0.3, 0.4) is 0 Å². The molecule has 0 aliphatic carbocycles. The van der Waals surface area contributed by atoms with Gasteiger partial charge in [-0.3, -0.25) is 9.89 Å². The lowest BCUT2D eigenvalue weighted by Gasteiger charge is -2.35. The molecule has 3 fully saturated rings. The number of hydrogen-bond acceptors (Lipinski definition) is 4. The Hall–Kier alpha value is -0.330. The number of guanidine groups is 1. The van der Waals surface area contributed by atoms with E-state index >= 15 is 0 Å². The minimum absolute atomic E-state index is 0. The number of halogens is 4. The van der Waals surface area contributed by atoms with Gasteiger partial charge in [0.1, 0.15) is 0 Å². The molecule has 1 N–H and O–H groups in total. The predicted molar refractivity (Wildman–Crippen MR) is 117 cm³/mol. The SMILES string of the molecule is CN=C(NC1CCN(CC(F)(F)F)C1)N1CCC(OCC2CCCCO2)CC1.I. The van der Waals surface area contributed by atoms with Crippen molar-refractivity contribution >= 4 is 29.9 Å². The van der Waals surface area contributed by atoms with E-state index in [0.717, 1.165) is 51.3 Å². The van der Waals surface area contributed by atoms with Crippen molar-refractivity contribution < 1.29 is 22.6 Å². The average Bonchev–Trinajstić information content (AvgIpc) is 3.11. The molecule has 0 aromatic rings. The van der Waals surface area contributed by atoms with Gasteiger partial charge in [-0.05, 0) is 38.5 Å². The molecule has 2 atom stereocenters. The van der Waals surface area contributed by atoms with Crippen molar-refractivity contribution in [1.29, 1.82) is 0 Å². The molecular weight excluding hydrogens is 500 g/mol. The van der Waals surface area contributed by atoms with E-state index in [-0.39, 0.29) is 42.2 Å². The van der Waals surface area contributed by atoms with E-state index in [1.165, 1.54) is 11.3 Å². The predicted octanol–water partition coefficient (Wildman–Crippen LogP) is 2.87. The fourth-order valence-electron chi connectivity index (χ4n) is 4.24. The second-order valence-corrected chi connectivity index (χ2v) is 8.04. The molecule has 0 bridgehead atoms. The molecule has 3 aliphatic rings. The number of rotatable bonds is 5. The monoisotopic (exact) mass is 534 g/mol. The minimum Gasteiger partial charge on any atom is -0.376 e. The maximum Gasteiger partial charge on any atom is 0.401 e. The molecule has 0 radical (unpaired) electrons. The first kappa shape index (κ1) is 24.9. The zero-order chi connectivity index (χ0) is 20.0. The summed E-state index contributed by atoms with van der Waals surface area (Å²) in [6.45, 7) is 3.23. The average molecular weight is 534 g/mol. The van der Waals surface area contributed by atoms with Gasteiger partial charge in [0.05, 0.1) is 25.4 Å². The van der Waals surface area contributed by atoms with E-state index in [4.69, 9.17) is 9.47 Å². The van der Waals surface area contributed by atoms with Gasteiger partial charge < -0.3 is 19.7 Å². The first-order valence-corrected chi connectivity index (χ1v) is 10.4. The summed E-state index contributed by atoms with van der Waals surface area (Å²) in [4.78, 5) is 7.99. The highest BCUT2D eigenvalue weighted by Crippen LogP contribution is 2.21. The lowest BCUT2D eigenvalue weighted by molar-refractivity contribution is -0.143. The Bertz CT molecular complexity index is 510. The van der Waals surface area contributed by atoms with Crippen LogP contribution in [0.5, 0.6) is 0 Å². The van der Waals surface area contributed by atoms with Gasteiger partial charge in [0, 0.05) is 45.9 Å². The molecule has 29 heavy (non-hydrogen) atoms. The third-order valence-corrected chi connectivity index (χ3v) is 5.75. The van der Waals surface area contributed by atoms with Gasteiger partial charge in [-0.15, -0.1) is 24.0 Å². The van der Waals surface area contributed by atoms with Gasteiger partial charge in [-0.25, -0.2) is 0 Å². The molecule has 3 aliphatic heterocycles. The normalized spacial score (nSPS) is 27.7. The number of nitrogens with one attached hydrogen (secondary N) is 1. The zero-order valence-corrected chi connectivity index (χ0v) is 19.5. The highest BCUT2D eigenvalue weighted by molar-refractivity contribution is 14.0. The van der Waals surface area contributed by atoms with Crippen molar-refractivity contribution in [3.63, 3.8) is 0 Å². The van der Waals surface area contributed by atoms with Crippen LogP contribution in [-0.2, 0) is 9.47 Å². The Morgan fingerprint density at radius 1 is 1.14 bits per heavy atom. The van der Waals surface area contributed by atoms with Crippen molar-refractivity contribution in [3.8, 4) is 0 Å². The first-order valence-electron chi connectivity index (χ1n) is 10.4. The molecule has 10 heteroatoms. The summed E-state index contributed by atoms with van der Waals surface area (Å²) < 4.78 is 49.4. The van der Waals surface area contributed by atoms with Gasteiger partial charge in [0.15, 0.2) is 5.96 Å². The fraction of sp³-hybridized carbons (Fsp3) is 0.947. The lowest BCUT2D eigenvalue weighted by atomic mass is 10.1. The summed E-state index contributed by atoms with van der Waals surface area (Å²) in [6.07, 6.45) is 2.36. The molecule has 3 saturated heterocycles. The molecule has 0 spiro atoms. The van der Waals surface area contributed by atoms with Gasteiger partial charge in [0.25, 0.3) is 0 Å². The standard InChI is InChI=1S/C19H33F3N4O2.HI/c1-23-18(24-15-5-8-25(12-15)14-19(20,21)22)26-9-6-16(7-10-26)28-13-17-4-2-3-11-27-17;/h15-17H,2-14H2,1H3,(H,23,24);1H. The molecule has 0 aromatic carbocycles. The Balaban J connectivity index is 0.00000300. The smallest absolute Gasteiger partial charge is 0.376 e. The van der Waals surface area contributed by atoms with Crippen LogP contribution >= 0.6 is 24.0 Å². The van der Waals surface area contributed by atoms with E-state index < -0.39 is 12.7 Å². The van der Waals surface area contributed by atoms with Crippen LogP contribution in [0.4, 0.5) is 13.2 Å². The Morgan fingerprint density at radius 3 is 2.52 bits per heavy atom. The Kier molecular flexibility index (Phi) is 10.2. The van der Waals surface area contributed by atoms with E-state index in [0.29, 0.717) is 26.1 Å². The minimum atomic E-state index is -4.14. The third kappa shape index (κ3) is 8.37. The van der Waals surface area contributed by atoms with Gasteiger partial charge in [-0.1, -0.05) is 0 Å². The van der Waals surface area contributed by atoms with Crippen molar-refractivity contribution in [2.75, 3.05) is 53.0 Å². The lowest BCUT2D eigenvalue weighted by Crippen LogP contribution is -2.50. The molecule has 0 amide bonds. The molecule has 3 rings (SSSR count). The molecule has 170 valence electrons. The van der Waals surface area contributed by atoms with Gasteiger partial charge in [-0.2, -0.15) is 13.2 Å². The van der Waals surface area contributed by atoms with Crippen LogP contribution in [0.15, 0.2) is 4.99 Å². The number of ether oxygens (including phenoxy) is 2. The quantitative estimate of drug-likeness (QED) is 0.334. The van der Waals surface area contributed by atoms with E-state index in [1.54, 1.807) is 7.05 Å². The molecule has 6 nitrogen and oxygen atoms in total. The Morgan fingerprint density at radius 2 is 1.90 bits per heavy atom. The van der Waals surface area contributed by atoms with Crippen LogP contribution in [-0.4, -0.2) is 93.2 Å². The fourth-order valence-corrected chi connectivity index (χ4v) is 4.24.